The van der Waals surface area contributed by atoms with Crippen LogP contribution in [-0.4, -0.2) is 14.7 Å². The zero-order valence-electron chi connectivity index (χ0n) is 11.4. The van der Waals surface area contributed by atoms with Crippen LogP contribution < -0.4 is 0 Å². The molecule has 0 aliphatic rings. The van der Waals surface area contributed by atoms with E-state index in [1.807, 2.05) is 6.20 Å². The maximum atomic E-state index is 10.5. The van der Waals surface area contributed by atoms with E-state index in [1.165, 1.54) is 0 Å². The SMILES string of the molecule is CCCC(CCC)C(O)c1nccn1CCC. The summed E-state index contributed by atoms with van der Waals surface area (Å²) in [6, 6.07) is 0. The Morgan fingerprint density at radius 2 is 1.82 bits per heavy atom. The van der Waals surface area contributed by atoms with E-state index in [0.29, 0.717) is 5.92 Å². The van der Waals surface area contributed by atoms with Crippen LogP contribution in [0.15, 0.2) is 12.4 Å². The molecule has 0 bridgehead atoms. The van der Waals surface area contributed by atoms with Gasteiger partial charge in [-0.2, -0.15) is 0 Å². The van der Waals surface area contributed by atoms with Crippen molar-refractivity contribution in [2.24, 2.45) is 5.92 Å². The summed E-state index contributed by atoms with van der Waals surface area (Å²) in [6.07, 6.45) is 8.83. The molecule has 0 fully saturated rings. The second kappa shape index (κ2) is 7.49. The van der Waals surface area contributed by atoms with Gasteiger partial charge in [-0.25, -0.2) is 4.98 Å². The van der Waals surface area contributed by atoms with Crippen molar-refractivity contribution in [2.45, 2.75) is 65.5 Å². The van der Waals surface area contributed by atoms with E-state index in [1.54, 1.807) is 6.20 Å². The van der Waals surface area contributed by atoms with Crippen molar-refractivity contribution in [3.05, 3.63) is 18.2 Å². The van der Waals surface area contributed by atoms with Gasteiger partial charge in [-0.3, -0.25) is 0 Å². The Hall–Kier alpha value is -0.830. The molecule has 0 aliphatic heterocycles. The molecule has 1 aromatic heterocycles. The van der Waals surface area contributed by atoms with E-state index in [9.17, 15) is 5.11 Å². The highest BCUT2D eigenvalue weighted by molar-refractivity contribution is 4.98. The number of imidazole rings is 1. The third kappa shape index (κ3) is 3.84. The molecule has 1 heterocycles. The quantitative estimate of drug-likeness (QED) is 0.752. The number of aryl methyl sites for hydroxylation is 1. The number of aromatic nitrogens is 2. The van der Waals surface area contributed by atoms with Crippen molar-refractivity contribution in [1.82, 2.24) is 9.55 Å². The van der Waals surface area contributed by atoms with Crippen LogP contribution in [-0.2, 0) is 6.54 Å². The third-order valence-corrected chi connectivity index (χ3v) is 3.24. The molecule has 1 aromatic rings. The lowest BCUT2D eigenvalue weighted by Crippen LogP contribution is -2.17. The van der Waals surface area contributed by atoms with E-state index in [-0.39, 0.29) is 0 Å². The van der Waals surface area contributed by atoms with Crippen LogP contribution in [0.4, 0.5) is 0 Å². The summed E-state index contributed by atoms with van der Waals surface area (Å²) < 4.78 is 2.09. The van der Waals surface area contributed by atoms with Gasteiger partial charge in [0.1, 0.15) is 11.9 Å². The number of aliphatic hydroxyl groups excluding tert-OH is 1. The van der Waals surface area contributed by atoms with Crippen molar-refractivity contribution in [3.63, 3.8) is 0 Å². The normalized spacial score (nSPS) is 13.2. The van der Waals surface area contributed by atoms with E-state index in [2.05, 4.69) is 30.3 Å². The van der Waals surface area contributed by atoms with E-state index < -0.39 is 6.10 Å². The molecular weight excluding hydrogens is 212 g/mol. The molecule has 3 nitrogen and oxygen atoms in total. The van der Waals surface area contributed by atoms with Crippen LogP contribution in [0.25, 0.3) is 0 Å². The van der Waals surface area contributed by atoms with Gasteiger partial charge in [0.2, 0.25) is 0 Å². The molecule has 3 heteroatoms. The molecule has 17 heavy (non-hydrogen) atoms. The van der Waals surface area contributed by atoms with Crippen molar-refractivity contribution in [3.8, 4) is 0 Å². The maximum absolute atomic E-state index is 10.5. The van der Waals surface area contributed by atoms with Crippen LogP contribution in [0.3, 0.4) is 0 Å². The van der Waals surface area contributed by atoms with Crippen molar-refractivity contribution < 1.29 is 5.11 Å². The van der Waals surface area contributed by atoms with Crippen LogP contribution in [0.2, 0.25) is 0 Å². The third-order valence-electron chi connectivity index (χ3n) is 3.24. The first kappa shape index (κ1) is 14.2. The second-order valence-electron chi connectivity index (χ2n) is 4.76. The summed E-state index contributed by atoms with van der Waals surface area (Å²) in [4.78, 5) is 4.33. The Bertz CT molecular complexity index is 303. The van der Waals surface area contributed by atoms with Gasteiger partial charge in [-0.15, -0.1) is 0 Å². The zero-order chi connectivity index (χ0) is 12.7. The van der Waals surface area contributed by atoms with E-state index in [0.717, 1.165) is 44.5 Å². The molecular formula is C14H26N2O. The van der Waals surface area contributed by atoms with Crippen molar-refractivity contribution >= 4 is 0 Å². The highest BCUT2D eigenvalue weighted by atomic mass is 16.3. The second-order valence-corrected chi connectivity index (χ2v) is 4.76. The van der Waals surface area contributed by atoms with Gasteiger partial charge in [-0.05, 0) is 25.2 Å². The van der Waals surface area contributed by atoms with Crippen LogP contribution in [0, 0.1) is 5.92 Å². The molecule has 1 rings (SSSR count). The van der Waals surface area contributed by atoms with E-state index in [4.69, 9.17) is 0 Å². The molecule has 0 saturated carbocycles. The number of nitrogens with zero attached hydrogens (tertiary/aromatic N) is 2. The molecule has 1 unspecified atom stereocenters. The number of rotatable bonds is 8. The summed E-state index contributed by atoms with van der Waals surface area (Å²) in [5.41, 5.74) is 0. The van der Waals surface area contributed by atoms with Gasteiger partial charge in [0.05, 0.1) is 0 Å². The smallest absolute Gasteiger partial charge is 0.137 e. The molecule has 0 saturated heterocycles. The Balaban J connectivity index is 2.76. The highest BCUT2D eigenvalue weighted by Crippen LogP contribution is 2.28. The summed E-state index contributed by atoms with van der Waals surface area (Å²) >= 11 is 0. The molecule has 0 aliphatic carbocycles. The first-order chi connectivity index (χ1) is 8.24. The average molecular weight is 238 g/mol. The predicted molar refractivity (Wildman–Crippen MR) is 70.8 cm³/mol. The zero-order valence-corrected chi connectivity index (χ0v) is 11.4. The molecule has 1 atom stereocenters. The van der Waals surface area contributed by atoms with E-state index >= 15 is 0 Å². The standard InChI is InChI=1S/C14H26N2O/c1-4-7-12(8-5-2)13(17)14-15-9-11-16(14)10-6-3/h9,11-13,17H,4-8,10H2,1-3H3. The highest BCUT2D eigenvalue weighted by Gasteiger charge is 2.23. The minimum atomic E-state index is -0.406. The van der Waals surface area contributed by atoms with Gasteiger partial charge >= 0.3 is 0 Å². The first-order valence-corrected chi connectivity index (χ1v) is 6.93. The Morgan fingerprint density at radius 3 is 2.35 bits per heavy atom. The topological polar surface area (TPSA) is 38.1 Å². The fourth-order valence-corrected chi connectivity index (χ4v) is 2.43. The summed E-state index contributed by atoms with van der Waals surface area (Å²) in [5.74, 6) is 1.20. The van der Waals surface area contributed by atoms with Crippen molar-refractivity contribution in [1.29, 1.82) is 0 Å². The minimum absolute atomic E-state index is 0.350. The average Bonchev–Trinajstić information content (AvgIpc) is 2.77. The Labute approximate surface area is 105 Å². The lowest BCUT2D eigenvalue weighted by molar-refractivity contribution is 0.0847. The maximum Gasteiger partial charge on any atom is 0.137 e. The summed E-state index contributed by atoms with van der Waals surface area (Å²) in [7, 11) is 0. The largest absolute Gasteiger partial charge is 0.385 e. The summed E-state index contributed by atoms with van der Waals surface area (Å²) in [6.45, 7) is 7.44. The molecule has 1 N–H and O–H groups in total. The number of hydrogen-bond acceptors (Lipinski definition) is 2. The molecule has 98 valence electrons. The first-order valence-electron chi connectivity index (χ1n) is 6.93. The van der Waals surface area contributed by atoms with Crippen molar-refractivity contribution in [2.75, 3.05) is 0 Å². The van der Waals surface area contributed by atoms with Crippen LogP contribution in [0.1, 0.15) is 64.8 Å². The fourth-order valence-electron chi connectivity index (χ4n) is 2.43. The van der Waals surface area contributed by atoms with Gasteiger partial charge in [0.15, 0.2) is 0 Å². The number of aliphatic hydroxyl groups is 1. The van der Waals surface area contributed by atoms with Crippen LogP contribution in [0.5, 0.6) is 0 Å². The van der Waals surface area contributed by atoms with Gasteiger partial charge in [-0.1, -0.05) is 33.6 Å². The molecule has 0 radical (unpaired) electrons. The monoisotopic (exact) mass is 238 g/mol. The van der Waals surface area contributed by atoms with Gasteiger partial charge < -0.3 is 9.67 Å². The summed E-state index contributed by atoms with van der Waals surface area (Å²) in [5, 5.41) is 10.5. The predicted octanol–water partition coefficient (Wildman–Crippen LogP) is 3.54. The van der Waals surface area contributed by atoms with Gasteiger partial charge in [0, 0.05) is 18.9 Å². The number of hydrogen-bond donors (Lipinski definition) is 1. The lowest BCUT2D eigenvalue weighted by atomic mass is 9.92. The minimum Gasteiger partial charge on any atom is -0.385 e. The molecule has 0 aromatic carbocycles. The lowest BCUT2D eigenvalue weighted by Gasteiger charge is -2.22. The Morgan fingerprint density at radius 1 is 1.18 bits per heavy atom. The Kier molecular flexibility index (Phi) is 6.27. The van der Waals surface area contributed by atoms with Gasteiger partial charge in [0.25, 0.3) is 0 Å². The molecule has 0 spiro atoms. The fraction of sp³-hybridized carbons (Fsp3) is 0.786. The van der Waals surface area contributed by atoms with Crippen LogP contribution >= 0.6 is 0 Å². The molecule has 0 amide bonds.